The van der Waals surface area contributed by atoms with E-state index in [0.29, 0.717) is 18.1 Å². The van der Waals surface area contributed by atoms with Gasteiger partial charge in [-0.1, -0.05) is 25.4 Å². The molecule has 2 rings (SSSR count). The van der Waals surface area contributed by atoms with E-state index in [1.54, 1.807) is 12.4 Å². The quantitative estimate of drug-likeness (QED) is 0.838. The molecule has 1 saturated heterocycles. The van der Waals surface area contributed by atoms with E-state index in [4.69, 9.17) is 11.6 Å². The Balaban J connectivity index is 2.10. The van der Waals surface area contributed by atoms with Crippen molar-refractivity contribution in [2.75, 3.05) is 18.0 Å². The van der Waals surface area contributed by atoms with Crippen molar-refractivity contribution in [3.8, 4) is 0 Å². The minimum absolute atomic E-state index is 0.273. The van der Waals surface area contributed by atoms with E-state index in [-0.39, 0.29) is 5.92 Å². The van der Waals surface area contributed by atoms with E-state index < -0.39 is 5.60 Å². The largest absolute Gasteiger partial charge is 0.386 e. The third-order valence-corrected chi connectivity index (χ3v) is 3.39. The molecule has 0 bridgehead atoms. The Morgan fingerprint density at radius 1 is 1.53 bits per heavy atom. The second-order valence-corrected chi connectivity index (χ2v) is 4.85. The topological polar surface area (TPSA) is 36.4 Å². The maximum Gasteiger partial charge on any atom is 0.102 e. The lowest BCUT2D eigenvalue weighted by molar-refractivity contribution is -0.0300. The Bertz CT molecular complexity index is 361. The highest BCUT2D eigenvalue weighted by molar-refractivity contribution is 6.33. The monoisotopic (exact) mass is 226 g/mol. The zero-order valence-corrected chi connectivity index (χ0v) is 9.70. The second kappa shape index (κ2) is 3.65. The summed E-state index contributed by atoms with van der Waals surface area (Å²) in [6, 6.07) is 1.88. The number of aliphatic hydroxyl groups is 1. The van der Waals surface area contributed by atoms with Gasteiger partial charge < -0.3 is 10.0 Å². The van der Waals surface area contributed by atoms with Crippen LogP contribution in [0, 0.1) is 5.92 Å². The molecule has 1 aliphatic rings. The molecule has 0 atom stereocenters. The number of hydrogen-bond acceptors (Lipinski definition) is 3. The van der Waals surface area contributed by atoms with Gasteiger partial charge in [0, 0.05) is 25.5 Å². The predicted molar refractivity (Wildman–Crippen MR) is 61.2 cm³/mol. The van der Waals surface area contributed by atoms with Crippen LogP contribution in [-0.4, -0.2) is 28.8 Å². The Kier molecular flexibility index (Phi) is 2.61. The molecule has 1 aliphatic heterocycles. The maximum absolute atomic E-state index is 10.1. The van der Waals surface area contributed by atoms with E-state index in [0.717, 1.165) is 5.69 Å². The molecule has 0 amide bonds. The van der Waals surface area contributed by atoms with Crippen LogP contribution in [0.1, 0.15) is 13.8 Å². The number of halogens is 1. The molecule has 1 N–H and O–H groups in total. The van der Waals surface area contributed by atoms with Crippen LogP contribution >= 0.6 is 11.6 Å². The molecule has 15 heavy (non-hydrogen) atoms. The molecule has 1 fully saturated rings. The van der Waals surface area contributed by atoms with Crippen LogP contribution in [0.4, 0.5) is 5.69 Å². The molecule has 0 spiro atoms. The van der Waals surface area contributed by atoms with Crippen molar-refractivity contribution in [2.45, 2.75) is 19.4 Å². The van der Waals surface area contributed by atoms with Crippen molar-refractivity contribution in [3.05, 3.63) is 23.5 Å². The average molecular weight is 227 g/mol. The summed E-state index contributed by atoms with van der Waals surface area (Å²) in [5, 5.41) is 10.8. The van der Waals surface area contributed by atoms with Gasteiger partial charge in [0.25, 0.3) is 0 Å². The highest BCUT2D eigenvalue weighted by Crippen LogP contribution is 2.35. The first-order chi connectivity index (χ1) is 7.03. The normalized spacial score (nSPS) is 19.1. The third-order valence-electron chi connectivity index (χ3n) is 3.10. The van der Waals surface area contributed by atoms with Gasteiger partial charge in [-0.3, -0.25) is 4.98 Å². The molecule has 0 aliphatic carbocycles. The Morgan fingerprint density at radius 3 is 2.73 bits per heavy atom. The lowest BCUT2D eigenvalue weighted by Crippen LogP contribution is -2.64. The van der Waals surface area contributed by atoms with Crippen molar-refractivity contribution >= 4 is 17.3 Å². The van der Waals surface area contributed by atoms with Gasteiger partial charge in [0.15, 0.2) is 0 Å². The molecule has 82 valence electrons. The Morgan fingerprint density at radius 2 is 2.20 bits per heavy atom. The van der Waals surface area contributed by atoms with Gasteiger partial charge in [0.05, 0.1) is 10.7 Å². The first-order valence-electron chi connectivity index (χ1n) is 5.10. The van der Waals surface area contributed by atoms with Gasteiger partial charge in [-0.15, -0.1) is 0 Å². The standard InChI is InChI=1S/C11H15ClN2O/c1-8(2)11(15)6-14(7-11)10-3-4-13-5-9(10)12/h3-5,8,15H,6-7H2,1-2H3. The summed E-state index contributed by atoms with van der Waals surface area (Å²) in [6.45, 7) is 5.36. The number of anilines is 1. The molecule has 1 aromatic rings. The predicted octanol–water partition coefficient (Wildman–Crippen LogP) is 1.94. The number of β-amino-alcohol motifs (C(OH)–C–C–N with tert-alkyl or cyclic N) is 1. The molecule has 0 saturated carbocycles. The minimum Gasteiger partial charge on any atom is -0.386 e. The minimum atomic E-state index is -0.563. The van der Waals surface area contributed by atoms with Crippen LogP contribution < -0.4 is 4.90 Å². The lowest BCUT2D eigenvalue weighted by atomic mass is 9.83. The molecule has 1 aromatic heterocycles. The van der Waals surface area contributed by atoms with Gasteiger partial charge in [-0.25, -0.2) is 0 Å². The maximum atomic E-state index is 10.1. The molecule has 0 radical (unpaired) electrons. The Hall–Kier alpha value is -0.800. The molecule has 3 nitrogen and oxygen atoms in total. The summed E-state index contributed by atoms with van der Waals surface area (Å²) in [5.41, 5.74) is 0.393. The molecule has 0 unspecified atom stereocenters. The van der Waals surface area contributed by atoms with Crippen molar-refractivity contribution < 1.29 is 5.11 Å². The van der Waals surface area contributed by atoms with Crippen LogP contribution in [0.3, 0.4) is 0 Å². The highest BCUT2D eigenvalue weighted by Gasteiger charge is 2.44. The van der Waals surface area contributed by atoms with Crippen LogP contribution in [0.2, 0.25) is 5.02 Å². The zero-order chi connectivity index (χ0) is 11.1. The third kappa shape index (κ3) is 1.82. The first kappa shape index (κ1) is 10.7. The van der Waals surface area contributed by atoms with E-state index in [1.165, 1.54) is 0 Å². The van der Waals surface area contributed by atoms with Crippen molar-refractivity contribution in [1.82, 2.24) is 4.98 Å². The van der Waals surface area contributed by atoms with Gasteiger partial charge in [-0.05, 0) is 12.0 Å². The highest BCUT2D eigenvalue weighted by atomic mass is 35.5. The van der Waals surface area contributed by atoms with Gasteiger partial charge >= 0.3 is 0 Å². The fraction of sp³-hybridized carbons (Fsp3) is 0.545. The van der Waals surface area contributed by atoms with Gasteiger partial charge in [0.2, 0.25) is 0 Å². The summed E-state index contributed by atoms with van der Waals surface area (Å²) < 4.78 is 0. The molecule has 4 heteroatoms. The number of rotatable bonds is 2. The van der Waals surface area contributed by atoms with E-state index in [2.05, 4.69) is 9.88 Å². The molecule has 2 heterocycles. The summed E-state index contributed by atoms with van der Waals surface area (Å²) in [5.74, 6) is 0.273. The summed E-state index contributed by atoms with van der Waals surface area (Å²) in [4.78, 5) is 6.01. The molecular formula is C11H15ClN2O. The van der Waals surface area contributed by atoms with Crippen LogP contribution in [0.15, 0.2) is 18.5 Å². The Labute approximate surface area is 94.7 Å². The van der Waals surface area contributed by atoms with Crippen molar-refractivity contribution in [2.24, 2.45) is 5.92 Å². The van der Waals surface area contributed by atoms with E-state index in [9.17, 15) is 5.11 Å². The van der Waals surface area contributed by atoms with E-state index >= 15 is 0 Å². The number of pyridine rings is 1. The number of aromatic nitrogens is 1. The van der Waals surface area contributed by atoms with Gasteiger partial charge in [0.1, 0.15) is 5.60 Å². The zero-order valence-electron chi connectivity index (χ0n) is 8.94. The lowest BCUT2D eigenvalue weighted by Gasteiger charge is -2.50. The fourth-order valence-electron chi connectivity index (χ4n) is 1.77. The second-order valence-electron chi connectivity index (χ2n) is 4.44. The SMILES string of the molecule is CC(C)C1(O)CN(c2ccncc2Cl)C1. The van der Waals surface area contributed by atoms with Gasteiger partial charge in [-0.2, -0.15) is 0 Å². The summed E-state index contributed by atoms with van der Waals surface area (Å²) >= 11 is 6.02. The fourth-order valence-corrected chi connectivity index (χ4v) is 2.01. The van der Waals surface area contributed by atoms with Crippen LogP contribution in [0.5, 0.6) is 0 Å². The smallest absolute Gasteiger partial charge is 0.102 e. The number of hydrogen-bond donors (Lipinski definition) is 1. The molecular weight excluding hydrogens is 212 g/mol. The average Bonchev–Trinajstić information content (AvgIpc) is 2.14. The first-order valence-corrected chi connectivity index (χ1v) is 5.47. The van der Waals surface area contributed by atoms with Crippen molar-refractivity contribution in [3.63, 3.8) is 0 Å². The molecule has 0 aromatic carbocycles. The number of nitrogens with zero attached hydrogens (tertiary/aromatic N) is 2. The van der Waals surface area contributed by atoms with Crippen LogP contribution in [-0.2, 0) is 0 Å². The summed E-state index contributed by atoms with van der Waals surface area (Å²) in [6.07, 6.45) is 3.34. The van der Waals surface area contributed by atoms with Crippen molar-refractivity contribution in [1.29, 1.82) is 0 Å². The van der Waals surface area contributed by atoms with Crippen LogP contribution in [0.25, 0.3) is 0 Å². The van der Waals surface area contributed by atoms with E-state index in [1.807, 2.05) is 19.9 Å². The summed E-state index contributed by atoms with van der Waals surface area (Å²) in [7, 11) is 0.